The lowest BCUT2D eigenvalue weighted by Crippen LogP contribution is -2.52. The topological polar surface area (TPSA) is 64.0 Å². The molecule has 3 rings (SSSR count). The molecule has 6 nitrogen and oxygen atoms in total. The summed E-state index contributed by atoms with van der Waals surface area (Å²) in [5.74, 6) is 2.33. The largest absolute Gasteiger partial charge is 0.508 e. The Morgan fingerprint density at radius 1 is 1.11 bits per heavy atom. The van der Waals surface area contributed by atoms with E-state index in [2.05, 4.69) is 31.2 Å². The molecule has 1 aliphatic rings. The molecule has 1 fully saturated rings. The zero-order valence-electron chi connectivity index (χ0n) is 15.7. The summed E-state index contributed by atoms with van der Waals surface area (Å²) in [5, 5.41) is 12.8. The van der Waals surface area contributed by atoms with Crippen molar-refractivity contribution in [3.05, 3.63) is 54.2 Å². The van der Waals surface area contributed by atoms with Gasteiger partial charge in [0.05, 0.1) is 0 Å². The van der Waals surface area contributed by atoms with Gasteiger partial charge in [-0.1, -0.05) is 18.2 Å². The minimum absolute atomic E-state index is 0. The Morgan fingerprint density at radius 3 is 2.48 bits per heavy atom. The first-order chi connectivity index (χ1) is 12.8. The van der Waals surface area contributed by atoms with E-state index in [0.29, 0.717) is 5.75 Å². The average molecular weight is 481 g/mol. The van der Waals surface area contributed by atoms with Gasteiger partial charge < -0.3 is 20.2 Å². The van der Waals surface area contributed by atoms with Crippen LogP contribution in [-0.4, -0.2) is 60.7 Å². The van der Waals surface area contributed by atoms with E-state index in [9.17, 15) is 5.11 Å². The average Bonchev–Trinajstić information content (AvgIpc) is 2.70. The van der Waals surface area contributed by atoms with Crippen LogP contribution in [0.3, 0.4) is 0 Å². The zero-order valence-corrected chi connectivity index (χ0v) is 18.0. The van der Waals surface area contributed by atoms with Crippen LogP contribution in [0.1, 0.15) is 12.0 Å². The molecule has 0 aliphatic carbocycles. The summed E-state index contributed by atoms with van der Waals surface area (Å²) in [6, 6.07) is 13.5. The smallest absolute Gasteiger partial charge is 0.193 e. The van der Waals surface area contributed by atoms with Crippen molar-refractivity contribution >= 4 is 35.8 Å². The van der Waals surface area contributed by atoms with E-state index in [4.69, 9.17) is 0 Å². The maximum atomic E-state index is 9.33. The lowest BCUT2D eigenvalue weighted by atomic mass is 10.1. The van der Waals surface area contributed by atoms with E-state index in [0.717, 1.165) is 57.3 Å². The number of guanidine groups is 1. The second kappa shape index (κ2) is 11.0. The van der Waals surface area contributed by atoms with Crippen LogP contribution < -0.4 is 10.2 Å². The van der Waals surface area contributed by atoms with Crippen molar-refractivity contribution in [3.63, 3.8) is 0 Å². The van der Waals surface area contributed by atoms with E-state index >= 15 is 0 Å². The number of piperazine rings is 1. The van der Waals surface area contributed by atoms with Crippen molar-refractivity contribution in [3.8, 4) is 5.75 Å². The van der Waals surface area contributed by atoms with Gasteiger partial charge in [-0.05, 0) is 42.7 Å². The third-order valence-electron chi connectivity index (χ3n) is 4.63. The number of benzene rings is 1. The maximum Gasteiger partial charge on any atom is 0.193 e. The van der Waals surface area contributed by atoms with Gasteiger partial charge >= 0.3 is 0 Å². The van der Waals surface area contributed by atoms with Gasteiger partial charge in [0.1, 0.15) is 11.6 Å². The van der Waals surface area contributed by atoms with Crippen molar-refractivity contribution in [2.75, 3.05) is 44.7 Å². The normalized spacial score (nSPS) is 14.6. The van der Waals surface area contributed by atoms with Crippen LogP contribution in [-0.2, 0) is 6.42 Å². The number of nitrogens with zero attached hydrogens (tertiary/aromatic N) is 4. The van der Waals surface area contributed by atoms with Crippen molar-refractivity contribution in [2.45, 2.75) is 12.8 Å². The number of aromatic hydroxyl groups is 1. The molecule has 1 aromatic heterocycles. The molecule has 0 bridgehead atoms. The zero-order chi connectivity index (χ0) is 18.2. The number of phenols is 1. The molecule has 27 heavy (non-hydrogen) atoms. The number of phenolic OH excluding ortho intramolecular Hbond substituents is 1. The molecule has 1 aliphatic heterocycles. The Bertz CT molecular complexity index is 700. The van der Waals surface area contributed by atoms with Gasteiger partial charge in [0, 0.05) is 46.0 Å². The van der Waals surface area contributed by atoms with Gasteiger partial charge in [-0.2, -0.15) is 0 Å². The van der Waals surface area contributed by atoms with Crippen LogP contribution in [0, 0.1) is 0 Å². The number of rotatable bonds is 5. The minimum Gasteiger partial charge on any atom is -0.508 e. The van der Waals surface area contributed by atoms with Gasteiger partial charge in [0.2, 0.25) is 0 Å². The van der Waals surface area contributed by atoms with Crippen molar-refractivity contribution in [1.82, 2.24) is 15.2 Å². The van der Waals surface area contributed by atoms with Crippen LogP contribution in [0.5, 0.6) is 5.75 Å². The summed E-state index contributed by atoms with van der Waals surface area (Å²) >= 11 is 0. The molecule has 1 saturated heterocycles. The molecule has 0 atom stereocenters. The van der Waals surface area contributed by atoms with Crippen molar-refractivity contribution in [2.24, 2.45) is 4.99 Å². The molecule has 0 unspecified atom stereocenters. The monoisotopic (exact) mass is 481 g/mol. The quantitative estimate of drug-likeness (QED) is 0.298. The lowest BCUT2D eigenvalue weighted by molar-refractivity contribution is 0.371. The summed E-state index contributed by atoms with van der Waals surface area (Å²) in [6.07, 6.45) is 3.85. The first-order valence-electron chi connectivity index (χ1n) is 9.16. The molecular weight excluding hydrogens is 453 g/mol. The summed E-state index contributed by atoms with van der Waals surface area (Å²) < 4.78 is 0. The minimum atomic E-state index is 0. The Morgan fingerprint density at radius 2 is 1.85 bits per heavy atom. The molecule has 0 saturated carbocycles. The Balaban J connectivity index is 0.00000261. The Labute approximate surface area is 178 Å². The SMILES string of the molecule is CN=C(NCCCc1ccc(O)cc1)N1CCN(c2ccccn2)CC1.I. The highest BCUT2D eigenvalue weighted by atomic mass is 127. The number of hydrogen-bond acceptors (Lipinski definition) is 4. The number of anilines is 1. The van der Waals surface area contributed by atoms with Gasteiger partial charge in [-0.15, -0.1) is 24.0 Å². The third-order valence-corrected chi connectivity index (χ3v) is 4.63. The number of aryl methyl sites for hydroxylation is 1. The lowest BCUT2D eigenvalue weighted by Gasteiger charge is -2.37. The fraction of sp³-hybridized carbons (Fsp3) is 0.400. The predicted octanol–water partition coefficient (Wildman–Crippen LogP) is 2.74. The molecule has 2 heterocycles. The van der Waals surface area contributed by atoms with Crippen LogP contribution >= 0.6 is 24.0 Å². The molecule has 0 radical (unpaired) electrons. The molecule has 146 valence electrons. The number of nitrogens with one attached hydrogen (secondary N) is 1. The number of hydrogen-bond donors (Lipinski definition) is 2. The molecule has 0 spiro atoms. The molecule has 7 heteroatoms. The van der Waals surface area contributed by atoms with Crippen LogP contribution in [0.25, 0.3) is 0 Å². The van der Waals surface area contributed by atoms with Crippen LogP contribution in [0.15, 0.2) is 53.7 Å². The number of pyridine rings is 1. The fourth-order valence-electron chi connectivity index (χ4n) is 3.18. The summed E-state index contributed by atoms with van der Waals surface area (Å²) in [4.78, 5) is 13.5. The van der Waals surface area contributed by atoms with E-state index < -0.39 is 0 Å². The summed E-state index contributed by atoms with van der Waals surface area (Å²) in [7, 11) is 1.84. The summed E-state index contributed by atoms with van der Waals surface area (Å²) in [5.41, 5.74) is 1.24. The fourth-order valence-corrected chi connectivity index (χ4v) is 3.18. The van der Waals surface area contributed by atoms with Crippen LogP contribution in [0.4, 0.5) is 5.82 Å². The highest BCUT2D eigenvalue weighted by molar-refractivity contribution is 14.0. The summed E-state index contributed by atoms with van der Waals surface area (Å²) in [6.45, 7) is 4.66. The van der Waals surface area contributed by atoms with Crippen LogP contribution in [0.2, 0.25) is 0 Å². The van der Waals surface area contributed by atoms with Gasteiger partial charge in [-0.3, -0.25) is 4.99 Å². The Kier molecular flexibility index (Phi) is 8.63. The third kappa shape index (κ3) is 6.27. The van der Waals surface area contributed by atoms with Gasteiger partial charge in [0.15, 0.2) is 5.96 Å². The number of aromatic nitrogens is 1. The van der Waals surface area contributed by atoms with Gasteiger partial charge in [-0.25, -0.2) is 4.98 Å². The molecule has 1 aromatic carbocycles. The molecule has 0 amide bonds. The molecule has 2 N–H and O–H groups in total. The number of aliphatic imine (C=N–C) groups is 1. The second-order valence-electron chi connectivity index (χ2n) is 6.41. The highest BCUT2D eigenvalue weighted by Crippen LogP contribution is 2.13. The first kappa shape index (κ1) is 21.3. The van der Waals surface area contributed by atoms with E-state index in [-0.39, 0.29) is 24.0 Å². The maximum absolute atomic E-state index is 9.33. The predicted molar refractivity (Wildman–Crippen MR) is 121 cm³/mol. The van der Waals surface area contributed by atoms with E-state index in [1.165, 1.54) is 5.56 Å². The van der Waals surface area contributed by atoms with E-state index in [1.54, 1.807) is 12.1 Å². The van der Waals surface area contributed by atoms with Crippen molar-refractivity contribution < 1.29 is 5.11 Å². The molecule has 2 aromatic rings. The van der Waals surface area contributed by atoms with Crippen molar-refractivity contribution in [1.29, 1.82) is 0 Å². The standard InChI is InChI=1S/C20H27N5O.HI/c1-21-20(23-12-4-5-17-7-9-18(26)10-8-17)25-15-13-24(14-16-25)19-6-2-3-11-22-19;/h2-3,6-11,26H,4-5,12-16H2,1H3,(H,21,23);1H. The molecular formula is C20H28IN5O. The van der Waals surface area contributed by atoms with E-state index in [1.807, 2.05) is 37.5 Å². The second-order valence-corrected chi connectivity index (χ2v) is 6.41. The first-order valence-corrected chi connectivity index (χ1v) is 9.16. The van der Waals surface area contributed by atoms with Gasteiger partial charge in [0.25, 0.3) is 0 Å². The highest BCUT2D eigenvalue weighted by Gasteiger charge is 2.20. The number of halogens is 1. The Hall–Kier alpha value is -2.03.